The molecule has 1 aliphatic rings. The number of carbonyl (C=O) groups is 2. The Labute approximate surface area is 160 Å². The number of benzene rings is 3. The zero-order chi connectivity index (χ0) is 18.8. The molecule has 0 aromatic heterocycles. The topological polar surface area (TPSA) is 59.0 Å². The van der Waals surface area contributed by atoms with E-state index in [4.69, 9.17) is 4.74 Å². The molecule has 0 radical (unpaired) electrons. The van der Waals surface area contributed by atoms with Crippen LogP contribution >= 0.6 is 11.8 Å². The molecule has 6 heteroatoms. The lowest BCUT2D eigenvalue weighted by Gasteiger charge is -2.18. The van der Waals surface area contributed by atoms with E-state index in [1.807, 2.05) is 48.5 Å². The van der Waals surface area contributed by atoms with E-state index >= 15 is 0 Å². The van der Waals surface area contributed by atoms with Gasteiger partial charge in [0, 0.05) is 5.56 Å². The minimum Gasteiger partial charge on any atom is -0.495 e. The molecule has 1 fully saturated rings. The third-order valence-corrected chi connectivity index (χ3v) is 5.23. The number of aliphatic imine (C=N–C) groups is 1. The van der Waals surface area contributed by atoms with Crippen LogP contribution in [0.25, 0.3) is 10.8 Å². The molecule has 1 heterocycles. The Bertz CT molecular complexity index is 1070. The van der Waals surface area contributed by atoms with Crippen molar-refractivity contribution in [2.75, 3.05) is 17.8 Å². The summed E-state index contributed by atoms with van der Waals surface area (Å²) in [5, 5.41) is 2.18. The fraction of sp³-hybridized carbons (Fsp3) is 0.0952. The van der Waals surface area contributed by atoms with E-state index < -0.39 is 0 Å². The molecule has 0 unspecified atom stereocenters. The molecular formula is C21H16N2O3S. The molecule has 0 saturated carbocycles. The Hall–Kier alpha value is -3.12. The van der Waals surface area contributed by atoms with E-state index in [0.29, 0.717) is 22.2 Å². The number of thioether (sulfide) groups is 1. The van der Waals surface area contributed by atoms with Crippen molar-refractivity contribution >= 4 is 45.2 Å². The molecule has 5 nitrogen and oxygen atoms in total. The number of hydrogen-bond donors (Lipinski definition) is 0. The molecule has 27 heavy (non-hydrogen) atoms. The second-order valence-electron chi connectivity index (χ2n) is 5.92. The number of nitrogens with zero attached hydrogens (tertiary/aromatic N) is 2. The molecule has 0 spiro atoms. The molecule has 0 atom stereocenters. The van der Waals surface area contributed by atoms with Crippen LogP contribution in [0.4, 0.5) is 5.69 Å². The highest BCUT2D eigenvalue weighted by Crippen LogP contribution is 2.34. The third kappa shape index (κ3) is 3.19. The number of carbonyl (C=O) groups excluding carboxylic acids is 2. The van der Waals surface area contributed by atoms with Crippen LogP contribution in [0.3, 0.4) is 0 Å². The number of amidine groups is 1. The third-order valence-electron chi connectivity index (χ3n) is 4.31. The molecule has 4 rings (SSSR count). The van der Waals surface area contributed by atoms with Gasteiger partial charge in [-0.05, 0) is 29.0 Å². The first-order chi connectivity index (χ1) is 13.2. The summed E-state index contributed by atoms with van der Waals surface area (Å²) in [6.07, 6.45) is 0. The highest BCUT2D eigenvalue weighted by Gasteiger charge is 2.32. The van der Waals surface area contributed by atoms with Crippen LogP contribution in [0.2, 0.25) is 0 Å². The van der Waals surface area contributed by atoms with Gasteiger partial charge in [-0.2, -0.15) is 4.99 Å². The molecule has 3 aromatic rings. The van der Waals surface area contributed by atoms with Gasteiger partial charge in [0.25, 0.3) is 5.91 Å². The molecular weight excluding hydrogens is 360 g/mol. The van der Waals surface area contributed by atoms with E-state index in [2.05, 4.69) is 4.99 Å². The number of hydrogen-bond acceptors (Lipinski definition) is 4. The van der Waals surface area contributed by atoms with Gasteiger partial charge in [-0.3, -0.25) is 14.5 Å². The van der Waals surface area contributed by atoms with Crippen LogP contribution < -0.4 is 9.64 Å². The number of para-hydroxylation sites is 2. The molecule has 2 amide bonds. The largest absolute Gasteiger partial charge is 0.495 e. The van der Waals surface area contributed by atoms with Gasteiger partial charge in [0.15, 0.2) is 5.17 Å². The second-order valence-corrected chi connectivity index (χ2v) is 6.86. The number of rotatable bonds is 3. The first kappa shape index (κ1) is 17.3. The average Bonchev–Trinajstić information content (AvgIpc) is 3.07. The zero-order valence-corrected chi connectivity index (χ0v) is 15.4. The Morgan fingerprint density at radius 3 is 2.63 bits per heavy atom. The lowest BCUT2D eigenvalue weighted by Crippen LogP contribution is -2.30. The summed E-state index contributed by atoms with van der Waals surface area (Å²) in [6.45, 7) is 0. The number of anilines is 1. The highest BCUT2D eigenvalue weighted by molar-refractivity contribution is 8.15. The van der Waals surface area contributed by atoms with Crippen molar-refractivity contribution < 1.29 is 14.3 Å². The molecule has 0 N–H and O–H groups in total. The van der Waals surface area contributed by atoms with Gasteiger partial charge in [-0.15, -0.1) is 0 Å². The van der Waals surface area contributed by atoms with Crippen molar-refractivity contribution in [1.29, 1.82) is 0 Å². The SMILES string of the molecule is COc1ccccc1N1C(=O)CSC1=NC(=O)c1cccc2ccccc12. The summed E-state index contributed by atoms with van der Waals surface area (Å²) in [6, 6.07) is 20.4. The highest BCUT2D eigenvalue weighted by atomic mass is 32.2. The number of fused-ring (bicyclic) bond motifs is 1. The number of methoxy groups -OCH3 is 1. The van der Waals surface area contributed by atoms with Crippen LogP contribution in [-0.2, 0) is 4.79 Å². The Morgan fingerprint density at radius 1 is 1.04 bits per heavy atom. The van der Waals surface area contributed by atoms with Gasteiger partial charge in [0.2, 0.25) is 5.91 Å². The van der Waals surface area contributed by atoms with E-state index in [1.54, 1.807) is 25.3 Å². The van der Waals surface area contributed by atoms with Crippen LogP contribution in [-0.4, -0.2) is 29.8 Å². The fourth-order valence-corrected chi connectivity index (χ4v) is 3.91. The predicted molar refractivity (Wildman–Crippen MR) is 109 cm³/mol. The first-order valence-corrected chi connectivity index (χ1v) is 9.37. The Kier molecular flexibility index (Phi) is 4.64. The van der Waals surface area contributed by atoms with Crippen molar-refractivity contribution in [3.63, 3.8) is 0 Å². The van der Waals surface area contributed by atoms with Crippen LogP contribution in [0.15, 0.2) is 71.7 Å². The molecule has 0 aliphatic carbocycles. The van der Waals surface area contributed by atoms with Crippen molar-refractivity contribution in [1.82, 2.24) is 0 Å². The van der Waals surface area contributed by atoms with Crippen molar-refractivity contribution in [3.05, 3.63) is 72.3 Å². The molecule has 3 aromatic carbocycles. The number of ether oxygens (including phenoxy) is 1. The summed E-state index contributed by atoms with van der Waals surface area (Å²) < 4.78 is 5.36. The van der Waals surface area contributed by atoms with E-state index in [0.717, 1.165) is 10.8 Å². The molecule has 1 saturated heterocycles. The lowest BCUT2D eigenvalue weighted by molar-refractivity contribution is -0.115. The summed E-state index contributed by atoms with van der Waals surface area (Å²) >= 11 is 1.25. The summed E-state index contributed by atoms with van der Waals surface area (Å²) in [4.78, 5) is 31.0. The standard InChI is InChI=1S/C21H16N2O3S/c1-26-18-12-5-4-11-17(18)23-19(24)13-27-21(23)22-20(25)16-10-6-8-14-7-2-3-9-15(14)16/h2-12H,13H2,1H3. The van der Waals surface area contributed by atoms with Crippen LogP contribution in [0.5, 0.6) is 5.75 Å². The van der Waals surface area contributed by atoms with Gasteiger partial charge < -0.3 is 4.74 Å². The van der Waals surface area contributed by atoms with E-state index in [9.17, 15) is 9.59 Å². The molecule has 1 aliphatic heterocycles. The van der Waals surface area contributed by atoms with Crippen molar-refractivity contribution in [2.45, 2.75) is 0 Å². The van der Waals surface area contributed by atoms with Gasteiger partial charge >= 0.3 is 0 Å². The summed E-state index contributed by atoms with van der Waals surface area (Å²) in [5.74, 6) is 0.288. The fourth-order valence-electron chi connectivity index (χ4n) is 3.06. The minimum atomic E-state index is -0.371. The quantitative estimate of drug-likeness (QED) is 0.690. The first-order valence-electron chi connectivity index (χ1n) is 8.38. The zero-order valence-electron chi connectivity index (χ0n) is 14.6. The van der Waals surface area contributed by atoms with Crippen LogP contribution in [0, 0.1) is 0 Å². The smallest absolute Gasteiger partial charge is 0.280 e. The van der Waals surface area contributed by atoms with Gasteiger partial charge in [0.1, 0.15) is 5.75 Å². The van der Waals surface area contributed by atoms with Gasteiger partial charge in [0.05, 0.1) is 18.6 Å². The van der Waals surface area contributed by atoms with E-state index in [1.165, 1.54) is 16.7 Å². The second kappa shape index (κ2) is 7.25. The summed E-state index contributed by atoms with van der Waals surface area (Å²) in [7, 11) is 1.55. The maximum atomic E-state index is 12.9. The average molecular weight is 376 g/mol. The van der Waals surface area contributed by atoms with Gasteiger partial charge in [-0.25, -0.2) is 0 Å². The summed E-state index contributed by atoms with van der Waals surface area (Å²) in [5.41, 5.74) is 1.10. The normalized spacial score (nSPS) is 15.5. The van der Waals surface area contributed by atoms with Crippen molar-refractivity contribution in [3.8, 4) is 5.75 Å². The maximum absolute atomic E-state index is 12.9. The number of amides is 2. The van der Waals surface area contributed by atoms with Crippen LogP contribution in [0.1, 0.15) is 10.4 Å². The Balaban J connectivity index is 1.76. The molecule has 134 valence electrons. The predicted octanol–water partition coefficient (Wildman–Crippen LogP) is 4.12. The maximum Gasteiger partial charge on any atom is 0.280 e. The monoisotopic (exact) mass is 376 g/mol. The van der Waals surface area contributed by atoms with Gasteiger partial charge in [-0.1, -0.05) is 60.3 Å². The minimum absolute atomic E-state index is 0.131. The Morgan fingerprint density at radius 2 is 1.78 bits per heavy atom. The lowest BCUT2D eigenvalue weighted by atomic mass is 10.0. The molecule has 0 bridgehead atoms. The van der Waals surface area contributed by atoms with E-state index in [-0.39, 0.29) is 17.6 Å². The van der Waals surface area contributed by atoms with Crippen molar-refractivity contribution in [2.24, 2.45) is 4.99 Å².